The van der Waals surface area contributed by atoms with Crippen LogP contribution in [0.25, 0.3) is 12.2 Å². The van der Waals surface area contributed by atoms with E-state index in [0.717, 1.165) is 11.1 Å². The van der Waals surface area contributed by atoms with Crippen molar-refractivity contribution in [1.82, 2.24) is 0 Å². The van der Waals surface area contributed by atoms with Gasteiger partial charge in [-0.05, 0) is 62.1 Å². The van der Waals surface area contributed by atoms with Crippen LogP contribution >= 0.6 is 0 Å². The number of ether oxygens (including phenoxy) is 1. The Bertz CT molecular complexity index is 775. The predicted octanol–water partition coefficient (Wildman–Crippen LogP) is 4.54. The summed E-state index contributed by atoms with van der Waals surface area (Å²) in [6.07, 6.45) is 4.82. The van der Waals surface area contributed by atoms with Crippen molar-refractivity contribution in [3.8, 4) is 17.2 Å². The SMILES string of the molecule is CC(C)(CCCOc1cc(O)cc(/C=C/c2ccc(O)cc2)c1)C(=O)O. The van der Waals surface area contributed by atoms with Gasteiger partial charge < -0.3 is 20.1 Å². The van der Waals surface area contributed by atoms with E-state index in [1.165, 1.54) is 6.07 Å². The third-order valence-corrected chi connectivity index (χ3v) is 4.07. The largest absolute Gasteiger partial charge is 0.508 e. The molecule has 2 rings (SSSR count). The van der Waals surface area contributed by atoms with Crippen molar-refractivity contribution in [3.63, 3.8) is 0 Å². The standard InChI is InChI=1S/C21H24O5/c1-21(2,20(24)25)10-3-11-26-19-13-16(12-18(23)14-19)5-4-15-6-8-17(22)9-7-15/h4-9,12-14,22-23H,3,10-11H2,1-2H3,(H,24,25)/b5-4+. The lowest BCUT2D eigenvalue weighted by molar-refractivity contribution is -0.147. The first-order valence-electron chi connectivity index (χ1n) is 8.44. The highest BCUT2D eigenvalue weighted by molar-refractivity contribution is 5.73. The number of benzene rings is 2. The minimum absolute atomic E-state index is 0.0960. The second kappa shape index (κ2) is 8.43. The van der Waals surface area contributed by atoms with Crippen molar-refractivity contribution in [2.24, 2.45) is 5.41 Å². The molecule has 0 spiro atoms. The predicted molar refractivity (Wildman–Crippen MR) is 101 cm³/mol. The molecule has 0 saturated carbocycles. The van der Waals surface area contributed by atoms with Crippen LogP contribution in [-0.2, 0) is 4.79 Å². The van der Waals surface area contributed by atoms with Gasteiger partial charge in [-0.3, -0.25) is 4.79 Å². The van der Waals surface area contributed by atoms with Crippen molar-refractivity contribution < 1.29 is 24.9 Å². The molecule has 5 nitrogen and oxygen atoms in total. The van der Waals surface area contributed by atoms with E-state index >= 15 is 0 Å². The first kappa shape index (κ1) is 19.4. The molecule has 0 fully saturated rings. The molecule has 0 radical (unpaired) electrons. The Balaban J connectivity index is 1.96. The quantitative estimate of drug-likeness (QED) is 0.477. The fourth-order valence-corrected chi connectivity index (χ4v) is 2.37. The van der Waals surface area contributed by atoms with Gasteiger partial charge in [0, 0.05) is 6.07 Å². The second-order valence-corrected chi connectivity index (χ2v) is 6.83. The van der Waals surface area contributed by atoms with Crippen LogP contribution in [0.3, 0.4) is 0 Å². The molecule has 0 heterocycles. The summed E-state index contributed by atoms with van der Waals surface area (Å²) >= 11 is 0. The van der Waals surface area contributed by atoms with Gasteiger partial charge in [0.05, 0.1) is 12.0 Å². The van der Waals surface area contributed by atoms with Crippen molar-refractivity contribution in [3.05, 3.63) is 53.6 Å². The normalized spacial score (nSPS) is 11.6. The molecule has 0 aliphatic heterocycles. The number of hydrogen-bond acceptors (Lipinski definition) is 4. The van der Waals surface area contributed by atoms with E-state index in [1.54, 1.807) is 50.2 Å². The highest BCUT2D eigenvalue weighted by Crippen LogP contribution is 2.25. The van der Waals surface area contributed by atoms with E-state index < -0.39 is 11.4 Å². The summed E-state index contributed by atoms with van der Waals surface area (Å²) in [4.78, 5) is 11.1. The molecule has 0 atom stereocenters. The Hall–Kier alpha value is -2.95. The Labute approximate surface area is 153 Å². The number of carbonyl (C=O) groups is 1. The Morgan fingerprint density at radius 1 is 1.00 bits per heavy atom. The maximum Gasteiger partial charge on any atom is 0.309 e. The minimum atomic E-state index is -0.823. The highest BCUT2D eigenvalue weighted by Gasteiger charge is 2.26. The second-order valence-electron chi connectivity index (χ2n) is 6.83. The number of carboxylic acid groups (broad SMARTS) is 1. The molecule has 0 aromatic heterocycles. The number of phenolic OH excluding ortho intramolecular Hbond substituents is 2. The summed E-state index contributed by atoms with van der Waals surface area (Å²) < 4.78 is 5.65. The molecule has 5 heteroatoms. The van der Waals surface area contributed by atoms with Gasteiger partial charge in [0.2, 0.25) is 0 Å². The molecule has 0 aliphatic carbocycles. The summed E-state index contributed by atoms with van der Waals surface area (Å²) in [5, 5.41) is 28.3. The maximum absolute atomic E-state index is 11.1. The van der Waals surface area contributed by atoms with Crippen LogP contribution in [0.15, 0.2) is 42.5 Å². The smallest absolute Gasteiger partial charge is 0.309 e. The lowest BCUT2D eigenvalue weighted by Crippen LogP contribution is -2.24. The first-order chi connectivity index (χ1) is 12.3. The third kappa shape index (κ3) is 5.84. The summed E-state index contributed by atoms with van der Waals surface area (Å²) in [7, 11) is 0. The van der Waals surface area contributed by atoms with E-state index in [1.807, 2.05) is 12.2 Å². The van der Waals surface area contributed by atoms with Gasteiger partial charge in [0.1, 0.15) is 17.2 Å². The fourth-order valence-electron chi connectivity index (χ4n) is 2.37. The fraction of sp³-hybridized carbons (Fsp3) is 0.286. The summed E-state index contributed by atoms with van der Waals surface area (Å²) in [5.74, 6) is 0.0139. The van der Waals surface area contributed by atoms with Crippen molar-refractivity contribution >= 4 is 18.1 Å². The summed E-state index contributed by atoms with van der Waals surface area (Å²) in [6, 6.07) is 11.7. The zero-order valence-electron chi connectivity index (χ0n) is 15.0. The van der Waals surface area contributed by atoms with Crippen molar-refractivity contribution in [2.45, 2.75) is 26.7 Å². The zero-order chi connectivity index (χ0) is 19.2. The molecule has 0 saturated heterocycles. The van der Waals surface area contributed by atoms with Crippen LogP contribution in [0.1, 0.15) is 37.8 Å². The van der Waals surface area contributed by atoms with Crippen LogP contribution in [0.5, 0.6) is 17.2 Å². The molecule has 2 aromatic rings. The van der Waals surface area contributed by atoms with Crippen LogP contribution in [0.4, 0.5) is 0 Å². The van der Waals surface area contributed by atoms with E-state index in [0.29, 0.717) is 25.2 Å². The average molecular weight is 356 g/mol. The topological polar surface area (TPSA) is 87.0 Å². The molecule has 3 N–H and O–H groups in total. The van der Waals surface area contributed by atoms with E-state index in [4.69, 9.17) is 9.84 Å². The summed E-state index contributed by atoms with van der Waals surface area (Å²) in [6.45, 7) is 3.76. The molecule has 0 aliphatic rings. The van der Waals surface area contributed by atoms with Gasteiger partial charge in [-0.2, -0.15) is 0 Å². The lowest BCUT2D eigenvalue weighted by atomic mass is 9.88. The number of rotatable bonds is 8. The molecule has 0 amide bonds. The molecule has 26 heavy (non-hydrogen) atoms. The number of phenols is 2. The first-order valence-corrected chi connectivity index (χ1v) is 8.44. The lowest BCUT2D eigenvalue weighted by Gasteiger charge is -2.18. The molecule has 138 valence electrons. The zero-order valence-corrected chi connectivity index (χ0v) is 15.0. The third-order valence-electron chi connectivity index (χ3n) is 4.07. The van der Waals surface area contributed by atoms with Gasteiger partial charge in [-0.1, -0.05) is 24.3 Å². The molecule has 2 aromatic carbocycles. The molecule has 0 bridgehead atoms. The van der Waals surface area contributed by atoms with Crippen molar-refractivity contribution in [2.75, 3.05) is 6.61 Å². The van der Waals surface area contributed by atoms with Crippen LogP contribution < -0.4 is 4.74 Å². The Morgan fingerprint density at radius 3 is 2.31 bits per heavy atom. The number of aromatic hydroxyl groups is 2. The molecule has 0 unspecified atom stereocenters. The van der Waals surface area contributed by atoms with Crippen LogP contribution in [0.2, 0.25) is 0 Å². The number of carboxylic acids is 1. The Morgan fingerprint density at radius 2 is 1.65 bits per heavy atom. The average Bonchev–Trinajstić information content (AvgIpc) is 2.58. The van der Waals surface area contributed by atoms with Crippen LogP contribution in [-0.4, -0.2) is 27.9 Å². The minimum Gasteiger partial charge on any atom is -0.508 e. The van der Waals surface area contributed by atoms with E-state index in [2.05, 4.69) is 0 Å². The van der Waals surface area contributed by atoms with Gasteiger partial charge in [-0.25, -0.2) is 0 Å². The number of aliphatic carboxylic acids is 1. The number of hydrogen-bond donors (Lipinski definition) is 3. The maximum atomic E-state index is 11.1. The van der Waals surface area contributed by atoms with Gasteiger partial charge in [0.25, 0.3) is 0 Å². The highest BCUT2D eigenvalue weighted by atomic mass is 16.5. The van der Waals surface area contributed by atoms with Gasteiger partial charge >= 0.3 is 5.97 Å². The Kier molecular flexibility index (Phi) is 6.28. The van der Waals surface area contributed by atoms with E-state index in [9.17, 15) is 15.0 Å². The molecular formula is C21H24O5. The van der Waals surface area contributed by atoms with Crippen LogP contribution in [0, 0.1) is 5.41 Å². The van der Waals surface area contributed by atoms with Gasteiger partial charge in [-0.15, -0.1) is 0 Å². The van der Waals surface area contributed by atoms with E-state index in [-0.39, 0.29) is 11.5 Å². The summed E-state index contributed by atoms with van der Waals surface area (Å²) in [5.41, 5.74) is 0.920. The molecular weight excluding hydrogens is 332 g/mol. The van der Waals surface area contributed by atoms with Crippen molar-refractivity contribution in [1.29, 1.82) is 0 Å². The van der Waals surface area contributed by atoms with Gasteiger partial charge in [0.15, 0.2) is 0 Å². The monoisotopic (exact) mass is 356 g/mol.